The van der Waals surface area contributed by atoms with Crippen LogP contribution in [0.5, 0.6) is 0 Å². The molecule has 0 aliphatic carbocycles. The average molecular weight is 377 g/mol. The second kappa shape index (κ2) is 7.88. The van der Waals surface area contributed by atoms with Crippen LogP contribution >= 0.6 is 23.4 Å². The lowest BCUT2D eigenvalue weighted by atomic mass is 10.2. The van der Waals surface area contributed by atoms with E-state index in [-0.39, 0.29) is 11.7 Å². The topological polar surface area (TPSA) is 57.7 Å². The van der Waals surface area contributed by atoms with Gasteiger partial charge in [0.2, 0.25) is 0 Å². The van der Waals surface area contributed by atoms with Gasteiger partial charge in [0.15, 0.2) is 0 Å². The summed E-state index contributed by atoms with van der Waals surface area (Å²) < 4.78 is 22.4. The normalized spacial score (nSPS) is 16.6. The van der Waals surface area contributed by atoms with E-state index in [0.717, 1.165) is 4.90 Å². The fraction of sp³-hybridized carbons (Fsp3) is 0.533. The van der Waals surface area contributed by atoms with Gasteiger partial charge < -0.3 is 4.90 Å². The van der Waals surface area contributed by atoms with Gasteiger partial charge in [-0.25, -0.2) is 8.42 Å². The standard InChI is InChI=1S/C15H21ClN2O3S2/c1-22-12-3-4-14(16)13(11-12)15(19)18-7-5-17(6-8-18)9-10-23(2,20)21/h3-4,11H,5-10H2,1-2H3. The van der Waals surface area contributed by atoms with E-state index in [1.165, 1.54) is 6.26 Å². The van der Waals surface area contributed by atoms with Crippen molar-refractivity contribution in [2.24, 2.45) is 0 Å². The number of carbonyl (C=O) groups is 1. The zero-order chi connectivity index (χ0) is 17.0. The van der Waals surface area contributed by atoms with Crippen molar-refractivity contribution in [2.75, 3.05) is 51.0 Å². The lowest BCUT2D eigenvalue weighted by Crippen LogP contribution is -2.49. The number of benzene rings is 1. The summed E-state index contributed by atoms with van der Waals surface area (Å²) in [6.45, 7) is 3.05. The van der Waals surface area contributed by atoms with Gasteiger partial charge in [0.05, 0.1) is 16.3 Å². The molecule has 1 fully saturated rings. The van der Waals surface area contributed by atoms with Gasteiger partial charge in [-0.1, -0.05) is 11.6 Å². The Morgan fingerprint density at radius 3 is 2.48 bits per heavy atom. The SMILES string of the molecule is CSc1ccc(Cl)c(C(=O)N2CCN(CCS(C)(=O)=O)CC2)c1. The molecule has 1 aromatic carbocycles. The Bertz CT molecular complexity index is 671. The molecule has 1 heterocycles. The van der Waals surface area contributed by atoms with Gasteiger partial charge in [-0.15, -0.1) is 11.8 Å². The molecule has 23 heavy (non-hydrogen) atoms. The molecule has 1 aliphatic rings. The van der Waals surface area contributed by atoms with E-state index in [9.17, 15) is 13.2 Å². The molecule has 8 heteroatoms. The second-order valence-corrected chi connectivity index (χ2v) is 9.16. The Kier molecular flexibility index (Phi) is 6.36. The van der Waals surface area contributed by atoms with Crippen LogP contribution in [0.1, 0.15) is 10.4 Å². The number of piperazine rings is 1. The first-order chi connectivity index (χ1) is 10.8. The molecule has 1 amide bonds. The molecule has 0 bridgehead atoms. The monoisotopic (exact) mass is 376 g/mol. The van der Waals surface area contributed by atoms with Crippen LogP contribution in [0.3, 0.4) is 0 Å². The van der Waals surface area contributed by atoms with E-state index in [1.807, 2.05) is 18.4 Å². The van der Waals surface area contributed by atoms with E-state index in [2.05, 4.69) is 4.90 Å². The highest BCUT2D eigenvalue weighted by Crippen LogP contribution is 2.24. The van der Waals surface area contributed by atoms with Crippen molar-refractivity contribution in [1.29, 1.82) is 0 Å². The lowest BCUT2D eigenvalue weighted by Gasteiger charge is -2.34. The maximum Gasteiger partial charge on any atom is 0.255 e. The third-order valence-electron chi connectivity index (χ3n) is 3.84. The predicted octanol–water partition coefficient (Wildman–Crippen LogP) is 1.86. The lowest BCUT2D eigenvalue weighted by molar-refractivity contribution is 0.0644. The van der Waals surface area contributed by atoms with Gasteiger partial charge in [0, 0.05) is 43.9 Å². The van der Waals surface area contributed by atoms with Crippen molar-refractivity contribution in [2.45, 2.75) is 4.90 Å². The van der Waals surface area contributed by atoms with Crippen molar-refractivity contribution in [1.82, 2.24) is 9.80 Å². The highest BCUT2D eigenvalue weighted by Gasteiger charge is 2.24. The molecular weight excluding hydrogens is 356 g/mol. The molecule has 0 spiro atoms. The van der Waals surface area contributed by atoms with Crippen LogP contribution in [0.4, 0.5) is 0 Å². The minimum atomic E-state index is -2.95. The number of rotatable bonds is 5. The molecule has 0 radical (unpaired) electrons. The molecule has 1 aliphatic heterocycles. The Balaban J connectivity index is 1.96. The summed E-state index contributed by atoms with van der Waals surface area (Å²) in [5.74, 6) is 0.0939. The van der Waals surface area contributed by atoms with E-state index >= 15 is 0 Å². The van der Waals surface area contributed by atoms with Crippen LogP contribution in [0.25, 0.3) is 0 Å². The second-order valence-electron chi connectivity index (χ2n) is 5.61. The Labute approximate surface area is 146 Å². The number of hydrogen-bond acceptors (Lipinski definition) is 5. The van der Waals surface area contributed by atoms with Crippen LogP contribution < -0.4 is 0 Å². The molecule has 2 rings (SSSR count). The molecule has 0 saturated carbocycles. The zero-order valence-corrected chi connectivity index (χ0v) is 15.7. The van der Waals surface area contributed by atoms with Gasteiger partial charge in [0.1, 0.15) is 9.84 Å². The number of amides is 1. The molecule has 0 N–H and O–H groups in total. The first-order valence-electron chi connectivity index (χ1n) is 7.33. The third-order valence-corrected chi connectivity index (χ3v) is 5.82. The molecule has 128 valence electrons. The fourth-order valence-corrected chi connectivity index (χ4v) is 3.66. The van der Waals surface area contributed by atoms with Crippen LogP contribution in [0.2, 0.25) is 5.02 Å². The van der Waals surface area contributed by atoms with E-state index < -0.39 is 9.84 Å². The number of nitrogens with zero attached hydrogens (tertiary/aromatic N) is 2. The zero-order valence-electron chi connectivity index (χ0n) is 13.3. The number of thioether (sulfide) groups is 1. The summed E-state index contributed by atoms with van der Waals surface area (Å²) in [4.78, 5) is 17.5. The quantitative estimate of drug-likeness (QED) is 0.734. The first kappa shape index (κ1) is 18.6. The highest BCUT2D eigenvalue weighted by atomic mass is 35.5. The van der Waals surface area contributed by atoms with Crippen LogP contribution in [-0.4, -0.2) is 75.1 Å². The minimum absolute atomic E-state index is 0.0614. The molecule has 0 aromatic heterocycles. The summed E-state index contributed by atoms with van der Waals surface area (Å²) in [5, 5.41) is 0.465. The summed E-state index contributed by atoms with van der Waals surface area (Å²) in [5.41, 5.74) is 0.531. The van der Waals surface area contributed by atoms with Crippen molar-refractivity contribution in [3.05, 3.63) is 28.8 Å². The van der Waals surface area contributed by atoms with Crippen molar-refractivity contribution in [3.63, 3.8) is 0 Å². The van der Waals surface area contributed by atoms with E-state index in [4.69, 9.17) is 11.6 Å². The average Bonchev–Trinajstić information content (AvgIpc) is 2.52. The first-order valence-corrected chi connectivity index (χ1v) is 11.0. The van der Waals surface area contributed by atoms with Gasteiger partial charge in [-0.05, 0) is 24.5 Å². The van der Waals surface area contributed by atoms with Crippen molar-refractivity contribution in [3.8, 4) is 0 Å². The van der Waals surface area contributed by atoms with Crippen LogP contribution in [-0.2, 0) is 9.84 Å². The van der Waals surface area contributed by atoms with Crippen molar-refractivity contribution >= 4 is 39.1 Å². The highest BCUT2D eigenvalue weighted by molar-refractivity contribution is 7.98. The molecule has 0 atom stereocenters. The molecule has 5 nitrogen and oxygen atoms in total. The summed E-state index contributed by atoms with van der Waals surface area (Å²) in [7, 11) is -2.95. The predicted molar refractivity (Wildman–Crippen MR) is 95.3 cm³/mol. The Hall–Kier alpha value is -0.760. The number of carbonyl (C=O) groups excluding carboxylic acids is 1. The molecular formula is C15H21ClN2O3S2. The number of halogens is 1. The van der Waals surface area contributed by atoms with E-state index in [1.54, 1.807) is 22.7 Å². The van der Waals surface area contributed by atoms with Crippen LogP contribution in [0, 0.1) is 0 Å². The summed E-state index contributed by atoms with van der Waals surface area (Å²) >= 11 is 7.73. The van der Waals surface area contributed by atoms with Gasteiger partial charge in [-0.3, -0.25) is 9.69 Å². The largest absolute Gasteiger partial charge is 0.336 e. The maximum atomic E-state index is 12.6. The Morgan fingerprint density at radius 2 is 1.91 bits per heavy atom. The fourth-order valence-electron chi connectivity index (χ4n) is 2.44. The number of sulfone groups is 1. The molecule has 0 unspecified atom stereocenters. The Morgan fingerprint density at radius 1 is 1.26 bits per heavy atom. The minimum Gasteiger partial charge on any atom is -0.336 e. The van der Waals surface area contributed by atoms with E-state index in [0.29, 0.717) is 43.3 Å². The molecule has 1 saturated heterocycles. The summed E-state index contributed by atoms with van der Waals surface area (Å²) in [6, 6.07) is 5.47. The van der Waals surface area contributed by atoms with Crippen LogP contribution in [0.15, 0.2) is 23.1 Å². The summed E-state index contributed by atoms with van der Waals surface area (Å²) in [6.07, 6.45) is 3.20. The van der Waals surface area contributed by atoms with Gasteiger partial charge in [0.25, 0.3) is 5.91 Å². The van der Waals surface area contributed by atoms with Gasteiger partial charge in [-0.2, -0.15) is 0 Å². The maximum absolute atomic E-state index is 12.6. The van der Waals surface area contributed by atoms with Crippen molar-refractivity contribution < 1.29 is 13.2 Å². The smallest absolute Gasteiger partial charge is 0.255 e. The number of hydrogen-bond donors (Lipinski definition) is 0. The molecule has 1 aromatic rings. The van der Waals surface area contributed by atoms with Gasteiger partial charge >= 0.3 is 0 Å². The third kappa shape index (κ3) is 5.38.